The van der Waals surface area contributed by atoms with Gasteiger partial charge in [0.25, 0.3) is 0 Å². The first-order valence-corrected chi connectivity index (χ1v) is 11.3. The maximum atomic E-state index is 8.28. The van der Waals surface area contributed by atoms with E-state index in [1.54, 1.807) is 0 Å². The molecule has 0 unspecified atom stereocenters. The second-order valence-electron chi connectivity index (χ2n) is 7.62. The molecule has 0 saturated heterocycles. The number of hydrogen-bond donors (Lipinski definition) is 1. The van der Waals surface area contributed by atoms with Crippen molar-refractivity contribution in [2.45, 2.75) is 11.8 Å². The van der Waals surface area contributed by atoms with Gasteiger partial charge in [0.15, 0.2) is 0 Å². The Morgan fingerprint density at radius 2 is 1.12 bits per heavy atom. The molecule has 0 atom stereocenters. The summed E-state index contributed by atoms with van der Waals surface area (Å²) >= 11 is 0.949. The average molecular weight is 453 g/mol. The van der Waals surface area contributed by atoms with Crippen LogP contribution in [0, 0.1) is 6.92 Å². The van der Waals surface area contributed by atoms with Gasteiger partial charge in [-0.25, -0.2) is 5.26 Å². The zero-order valence-electron chi connectivity index (χ0n) is 18.2. The van der Waals surface area contributed by atoms with Gasteiger partial charge in [0, 0.05) is 4.90 Å². The monoisotopic (exact) mass is 452 g/mol. The van der Waals surface area contributed by atoms with Crippen molar-refractivity contribution >= 4 is 36.3 Å². The number of rotatable bonds is 8. The molecule has 4 aromatic carbocycles. The highest BCUT2D eigenvalue weighted by Crippen LogP contribution is 2.23. The fourth-order valence-corrected chi connectivity index (χ4v) is 3.88. The molecule has 0 spiro atoms. The van der Waals surface area contributed by atoms with Crippen LogP contribution in [0.4, 0.5) is 0 Å². The van der Waals surface area contributed by atoms with Gasteiger partial charge in [-0.3, -0.25) is 0 Å². The Hall–Kier alpha value is -3.41. The van der Waals surface area contributed by atoms with Crippen molar-refractivity contribution in [3.05, 3.63) is 125 Å². The highest BCUT2D eigenvalue weighted by Gasteiger charge is 1.99. The Morgan fingerprint density at radius 1 is 0.606 bits per heavy atom. The van der Waals surface area contributed by atoms with Crippen LogP contribution in [0.1, 0.15) is 27.8 Å². The summed E-state index contributed by atoms with van der Waals surface area (Å²) in [5.74, 6) is 0. The number of benzene rings is 4. The van der Waals surface area contributed by atoms with Crippen LogP contribution in [0.15, 0.2) is 102 Å². The van der Waals surface area contributed by atoms with Gasteiger partial charge in [0.1, 0.15) is 0 Å². The van der Waals surface area contributed by atoms with Crippen molar-refractivity contribution in [3.8, 4) is 11.1 Å². The van der Waals surface area contributed by atoms with E-state index in [-0.39, 0.29) is 0 Å². The van der Waals surface area contributed by atoms with E-state index in [0.29, 0.717) is 0 Å². The van der Waals surface area contributed by atoms with E-state index in [1.165, 1.54) is 27.8 Å². The molecule has 0 aliphatic rings. The molecule has 0 aromatic heterocycles. The Morgan fingerprint density at radius 3 is 1.67 bits per heavy atom. The van der Waals surface area contributed by atoms with Gasteiger partial charge in [-0.1, -0.05) is 120 Å². The molecule has 4 rings (SSSR count). The molecule has 1 N–H and O–H groups in total. The average Bonchev–Trinajstić information content (AvgIpc) is 2.86. The molecular weight excluding hydrogens is 428 g/mol. The molecule has 0 bridgehead atoms. The summed E-state index contributed by atoms with van der Waals surface area (Å²) in [7, 11) is 0. The maximum absolute atomic E-state index is 8.28. The lowest BCUT2D eigenvalue weighted by Gasteiger charge is -2.04. The van der Waals surface area contributed by atoms with E-state index in [2.05, 4.69) is 107 Å². The first-order chi connectivity index (χ1) is 16.2. The Labute approximate surface area is 198 Å². The largest absolute Gasteiger partial charge is 0.220 e. The summed E-state index contributed by atoms with van der Waals surface area (Å²) in [6.45, 7) is 2.11. The first kappa shape index (κ1) is 22.8. The topological polar surface area (TPSA) is 38.7 Å². The van der Waals surface area contributed by atoms with E-state index in [1.807, 2.05) is 30.3 Å². The Balaban J connectivity index is 1.40. The van der Waals surface area contributed by atoms with E-state index in [9.17, 15) is 0 Å². The Kier molecular flexibility index (Phi) is 7.90. The summed E-state index contributed by atoms with van der Waals surface area (Å²) in [4.78, 5) is 0.832. The molecule has 4 heteroatoms. The zero-order chi connectivity index (χ0) is 22.9. The van der Waals surface area contributed by atoms with E-state index >= 15 is 0 Å². The predicted octanol–water partition coefficient (Wildman–Crippen LogP) is 8.43. The molecule has 0 fully saturated rings. The second kappa shape index (κ2) is 11.5. The lowest BCUT2D eigenvalue weighted by molar-refractivity contribution is -0.432. The molecule has 4 aromatic rings. The summed E-state index contributed by atoms with van der Waals surface area (Å²) in [5, 5.41) is 11.9. The molecule has 0 radical (unpaired) electrons. The minimum absolute atomic E-state index is 0.832. The van der Waals surface area contributed by atoms with Crippen molar-refractivity contribution in [2.75, 3.05) is 0 Å². The van der Waals surface area contributed by atoms with Crippen LogP contribution in [0.5, 0.6) is 0 Å². The van der Waals surface area contributed by atoms with Gasteiger partial charge in [-0.05, 0) is 52.4 Å². The molecular formula is C29H24O3S. The minimum atomic E-state index is 0.832. The standard InChI is InChI=1S/C29H24O3S/c1-22-4-2-5-25(20-22)10-8-23-12-16-27(17-13-23)28-18-14-24(15-19-28)9-11-26-6-3-7-29(21-26)33-32-31-30/h2-21,30H,1H3/b10-8+,11-9+. The first-order valence-electron chi connectivity index (χ1n) is 10.6. The molecule has 0 amide bonds. The number of aryl methyl sites for hydroxylation is 1. The van der Waals surface area contributed by atoms with Gasteiger partial charge in [0.05, 0.1) is 12.0 Å². The summed E-state index contributed by atoms with van der Waals surface area (Å²) < 4.78 is 4.48. The van der Waals surface area contributed by atoms with Crippen LogP contribution < -0.4 is 0 Å². The predicted molar refractivity (Wildman–Crippen MR) is 138 cm³/mol. The second-order valence-corrected chi connectivity index (χ2v) is 8.40. The van der Waals surface area contributed by atoms with Crippen LogP contribution in [0.2, 0.25) is 0 Å². The number of hydrogen-bond acceptors (Lipinski definition) is 4. The van der Waals surface area contributed by atoms with E-state index in [0.717, 1.165) is 28.1 Å². The fraction of sp³-hybridized carbons (Fsp3) is 0.0345. The highest BCUT2D eigenvalue weighted by atomic mass is 32.2. The summed E-state index contributed by atoms with van der Waals surface area (Å²) in [6.07, 6.45) is 8.39. The van der Waals surface area contributed by atoms with Crippen LogP contribution in [0.3, 0.4) is 0 Å². The molecule has 0 aliphatic heterocycles. The normalized spacial score (nSPS) is 11.5. The van der Waals surface area contributed by atoms with Gasteiger partial charge in [-0.15, -0.1) is 4.33 Å². The van der Waals surface area contributed by atoms with Crippen molar-refractivity contribution in [1.29, 1.82) is 0 Å². The van der Waals surface area contributed by atoms with Crippen molar-refractivity contribution in [2.24, 2.45) is 0 Å². The van der Waals surface area contributed by atoms with Crippen LogP contribution in [0.25, 0.3) is 35.4 Å². The third-order valence-electron chi connectivity index (χ3n) is 5.15. The van der Waals surface area contributed by atoms with Gasteiger partial charge >= 0.3 is 0 Å². The highest BCUT2D eigenvalue weighted by molar-refractivity contribution is 7.94. The van der Waals surface area contributed by atoms with E-state index in [4.69, 9.17) is 5.26 Å². The quantitative estimate of drug-likeness (QED) is 0.126. The minimum Gasteiger partial charge on any atom is -0.220 e. The van der Waals surface area contributed by atoms with Crippen LogP contribution >= 0.6 is 12.0 Å². The molecule has 164 valence electrons. The smallest absolute Gasteiger partial charge is 0.0714 e. The SMILES string of the molecule is Cc1cccc(/C=C/c2ccc(-c3ccc(/C=C/c4cccc(SOOO)c4)cc3)cc2)c1. The molecule has 3 nitrogen and oxygen atoms in total. The van der Waals surface area contributed by atoms with Gasteiger partial charge in [-0.2, -0.15) is 0 Å². The van der Waals surface area contributed by atoms with Crippen LogP contribution in [-0.4, -0.2) is 5.26 Å². The lowest BCUT2D eigenvalue weighted by atomic mass is 10.0. The summed E-state index contributed by atoms with van der Waals surface area (Å²) in [5.41, 5.74) is 8.16. The molecule has 0 saturated carbocycles. The fourth-order valence-electron chi connectivity index (χ4n) is 3.46. The molecule has 33 heavy (non-hydrogen) atoms. The van der Waals surface area contributed by atoms with Crippen molar-refractivity contribution < 1.29 is 14.6 Å². The van der Waals surface area contributed by atoms with Gasteiger partial charge in [0.2, 0.25) is 0 Å². The Bertz CT molecular complexity index is 1240. The lowest BCUT2D eigenvalue weighted by Crippen LogP contribution is -1.81. The van der Waals surface area contributed by atoms with Gasteiger partial charge < -0.3 is 0 Å². The van der Waals surface area contributed by atoms with E-state index < -0.39 is 0 Å². The van der Waals surface area contributed by atoms with Crippen molar-refractivity contribution in [3.63, 3.8) is 0 Å². The summed E-state index contributed by atoms with van der Waals surface area (Å²) in [6, 6.07) is 33.3. The molecule has 0 heterocycles. The zero-order valence-corrected chi connectivity index (χ0v) is 19.0. The third kappa shape index (κ3) is 6.78. The molecule has 0 aliphatic carbocycles. The maximum Gasteiger partial charge on any atom is 0.0714 e. The third-order valence-corrected chi connectivity index (χ3v) is 5.73. The van der Waals surface area contributed by atoms with Crippen LogP contribution in [-0.2, 0) is 9.37 Å². The van der Waals surface area contributed by atoms with Crippen molar-refractivity contribution in [1.82, 2.24) is 0 Å².